The Morgan fingerprint density at radius 2 is 1.91 bits per heavy atom. The summed E-state index contributed by atoms with van der Waals surface area (Å²) in [6.45, 7) is 4.32. The first-order valence-corrected chi connectivity index (χ1v) is 17.3. The van der Waals surface area contributed by atoms with Crippen LogP contribution >= 0.6 is 0 Å². The fourth-order valence-corrected chi connectivity index (χ4v) is 8.77. The fourth-order valence-electron chi connectivity index (χ4n) is 8.77. The van der Waals surface area contributed by atoms with E-state index in [1.54, 1.807) is 4.90 Å². The molecule has 3 fully saturated rings. The van der Waals surface area contributed by atoms with Crippen molar-refractivity contribution in [2.75, 3.05) is 26.8 Å². The van der Waals surface area contributed by atoms with Crippen LogP contribution in [-0.4, -0.2) is 75.8 Å². The van der Waals surface area contributed by atoms with Crippen LogP contribution in [0.5, 0.6) is 5.88 Å². The van der Waals surface area contributed by atoms with Crippen molar-refractivity contribution in [3.05, 3.63) is 58.5 Å². The quantitative estimate of drug-likeness (QED) is 0.342. The van der Waals surface area contributed by atoms with Crippen LogP contribution in [0.3, 0.4) is 0 Å². The molecule has 1 unspecified atom stereocenters. The third-order valence-corrected chi connectivity index (χ3v) is 11.3. The Hall–Kier alpha value is -3.83. The summed E-state index contributed by atoms with van der Waals surface area (Å²) in [6.07, 6.45) is 7.88. The molecule has 2 saturated heterocycles. The molecule has 5 aliphatic rings. The minimum Gasteiger partial charge on any atom is -0.473 e. The molecule has 11 heteroatoms. The Bertz CT molecular complexity index is 1670. The Morgan fingerprint density at radius 3 is 2.68 bits per heavy atom. The number of fused-ring (bicyclic) bond motifs is 4. The van der Waals surface area contributed by atoms with E-state index in [9.17, 15) is 9.59 Å². The van der Waals surface area contributed by atoms with E-state index < -0.39 is 17.0 Å². The first-order chi connectivity index (χ1) is 22.9. The molecule has 1 aromatic carbocycles. The smallest absolute Gasteiger partial charge is 0.411 e. The molecule has 5 heterocycles. The lowest BCUT2D eigenvalue weighted by atomic mass is 9.64. The zero-order chi connectivity index (χ0) is 32.2. The van der Waals surface area contributed by atoms with Crippen molar-refractivity contribution in [2.24, 2.45) is 0 Å². The minimum atomic E-state index is -0.823. The number of amides is 1. The number of aromatic nitrogens is 3. The summed E-state index contributed by atoms with van der Waals surface area (Å²) in [7, 11) is 2.13. The number of likely N-dealkylation sites (tertiary alicyclic amines) is 1. The zero-order valence-electron chi connectivity index (χ0n) is 27.3. The molecular weight excluding hydrogens is 598 g/mol. The monoisotopic (exact) mass is 641 g/mol. The van der Waals surface area contributed by atoms with E-state index in [0.717, 1.165) is 80.3 Å². The summed E-state index contributed by atoms with van der Waals surface area (Å²) in [4.78, 5) is 41.5. The van der Waals surface area contributed by atoms with E-state index in [1.165, 1.54) is 0 Å². The standard InChI is InChI=1S/C36H43N5O6/c1-23(27-13-9-18-40(27)2)46-33-26-20-41(34(43)45-21-24-10-4-3-5-11-24)36(17-19-44-22-36)30(26)37-32(38-33)29-25-12-8-16-35(31(25)47-39-29)15-7-6-14-28(35)42/h3-5,10-11,23,27H,6-9,12-22H2,1-2H3/t23-,27-,35+,36?/m0/s1. The maximum atomic E-state index is 13.8. The van der Waals surface area contributed by atoms with Crippen molar-refractivity contribution in [3.63, 3.8) is 0 Å². The second-order valence-corrected chi connectivity index (χ2v) is 14.1. The maximum absolute atomic E-state index is 13.8. The van der Waals surface area contributed by atoms with Crippen molar-refractivity contribution < 1.29 is 28.3 Å². The van der Waals surface area contributed by atoms with Gasteiger partial charge in [0, 0.05) is 31.1 Å². The van der Waals surface area contributed by atoms with Gasteiger partial charge in [-0.1, -0.05) is 41.9 Å². The zero-order valence-corrected chi connectivity index (χ0v) is 27.3. The van der Waals surface area contributed by atoms with E-state index in [0.29, 0.717) is 49.2 Å². The average molecular weight is 642 g/mol. The van der Waals surface area contributed by atoms with Crippen LogP contribution in [0, 0.1) is 0 Å². The number of hydrogen-bond donors (Lipinski definition) is 0. The second-order valence-electron chi connectivity index (χ2n) is 14.1. The summed E-state index contributed by atoms with van der Waals surface area (Å²) in [6, 6.07) is 9.93. The lowest BCUT2D eigenvalue weighted by Gasteiger charge is -2.36. The van der Waals surface area contributed by atoms with Crippen LogP contribution in [0.2, 0.25) is 0 Å². The Morgan fingerprint density at radius 1 is 1.06 bits per heavy atom. The van der Waals surface area contributed by atoms with Crippen LogP contribution in [0.4, 0.5) is 4.79 Å². The van der Waals surface area contributed by atoms with Gasteiger partial charge in [0.25, 0.3) is 0 Å². The summed E-state index contributed by atoms with van der Waals surface area (Å²) in [5.74, 6) is 1.81. The van der Waals surface area contributed by atoms with Gasteiger partial charge in [0.1, 0.15) is 24.0 Å². The molecule has 248 valence electrons. The summed E-state index contributed by atoms with van der Waals surface area (Å²) < 4.78 is 24.7. The molecule has 0 N–H and O–H groups in total. The molecule has 0 bridgehead atoms. The van der Waals surface area contributed by atoms with Crippen molar-refractivity contribution in [1.82, 2.24) is 24.9 Å². The number of nitrogens with zero attached hydrogens (tertiary/aromatic N) is 5. The van der Waals surface area contributed by atoms with Gasteiger partial charge in [-0.05, 0) is 71.0 Å². The van der Waals surface area contributed by atoms with Gasteiger partial charge in [-0.25, -0.2) is 9.78 Å². The van der Waals surface area contributed by atoms with Crippen LogP contribution in [-0.2, 0) is 44.8 Å². The molecular formula is C36H43N5O6. The topological polar surface area (TPSA) is 120 Å². The number of Topliss-reactive ketones (excluding diaryl/α,β-unsaturated/α-hetero) is 1. The molecule has 3 aliphatic heterocycles. The molecule has 1 amide bonds. The first kappa shape index (κ1) is 30.5. The van der Waals surface area contributed by atoms with E-state index in [-0.39, 0.29) is 31.1 Å². The number of hydrogen-bond acceptors (Lipinski definition) is 10. The number of carbonyl (C=O) groups is 2. The average Bonchev–Trinajstić information content (AvgIpc) is 3.90. The highest BCUT2D eigenvalue weighted by Gasteiger charge is 2.55. The van der Waals surface area contributed by atoms with Crippen LogP contribution in [0.25, 0.3) is 11.5 Å². The highest BCUT2D eigenvalue weighted by Crippen LogP contribution is 2.50. The van der Waals surface area contributed by atoms with Gasteiger partial charge in [0.05, 0.1) is 29.8 Å². The molecule has 0 radical (unpaired) electrons. The van der Waals surface area contributed by atoms with Crippen molar-refractivity contribution in [2.45, 2.75) is 107 Å². The predicted molar refractivity (Wildman–Crippen MR) is 171 cm³/mol. The van der Waals surface area contributed by atoms with Gasteiger partial charge in [-0.2, -0.15) is 4.98 Å². The van der Waals surface area contributed by atoms with E-state index in [4.69, 9.17) is 28.7 Å². The normalized spacial score (nSPS) is 27.7. The van der Waals surface area contributed by atoms with Crippen molar-refractivity contribution >= 4 is 11.9 Å². The molecule has 1 saturated carbocycles. The van der Waals surface area contributed by atoms with Gasteiger partial charge in [-0.15, -0.1) is 0 Å². The van der Waals surface area contributed by atoms with Crippen molar-refractivity contribution in [3.8, 4) is 17.4 Å². The molecule has 4 atom stereocenters. The Labute approximate surface area is 274 Å². The Balaban J connectivity index is 1.20. The largest absolute Gasteiger partial charge is 0.473 e. The lowest BCUT2D eigenvalue weighted by molar-refractivity contribution is -0.128. The van der Waals surface area contributed by atoms with Gasteiger partial charge in [0.2, 0.25) is 5.88 Å². The molecule has 3 aromatic rings. The highest BCUT2D eigenvalue weighted by atomic mass is 16.6. The number of rotatable bonds is 6. The van der Waals surface area contributed by atoms with Crippen LogP contribution in [0.1, 0.15) is 92.9 Å². The van der Waals surface area contributed by atoms with E-state index in [2.05, 4.69) is 24.0 Å². The number of likely N-dealkylation sites (N-methyl/N-ethyl adjacent to an activating group) is 1. The molecule has 11 nitrogen and oxygen atoms in total. The molecule has 8 rings (SSSR count). The SMILES string of the molecule is C[C@H](Oc1nc(-c2noc3c2CCC[C@@]32CCCCC2=O)nc2c1CN(C(=O)OCc1ccccc1)C21CCOC1)[C@@H]1CCCN1C. The predicted octanol–water partition coefficient (Wildman–Crippen LogP) is 5.48. The van der Waals surface area contributed by atoms with Gasteiger partial charge in [0.15, 0.2) is 17.3 Å². The molecule has 2 aromatic heterocycles. The van der Waals surface area contributed by atoms with Crippen LogP contribution in [0.15, 0.2) is 34.9 Å². The van der Waals surface area contributed by atoms with E-state index >= 15 is 0 Å². The maximum Gasteiger partial charge on any atom is 0.411 e. The number of ketones is 1. The summed E-state index contributed by atoms with van der Waals surface area (Å²) >= 11 is 0. The molecule has 2 aliphatic carbocycles. The third kappa shape index (κ3) is 5.04. The van der Waals surface area contributed by atoms with Gasteiger partial charge >= 0.3 is 6.09 Å². The summed E-state index contributed by atoms with van der Waals surface area (Å²) in [5, 5.41) is 4.57. The minimum absolute atomic E-state index is 0.140. The fraction of sp³-hybridized carbons (Fsp3) is 0.583. The number of benzene rings is 1. The summed E-state index contributed by atoms with van der Waals surface area (Å²) in [5.41, 5.74) is 2.48. The molecule has 47 heavy (non-hydrogen) atoms. The van der Waals surface area contributed by atoms with Crippen LogP contribution < -0.4 is 4.74 Å². The van der Waals surface area contributed by atoms with Crippen molar-refractivity contribution in [1.29, 1.82) is 0 Å². The highest BCUT2D eigenvalue weighted by molar-refractivity contribution is 5.91. The number of ether oxygens (including phenoxy) is 3. The molecule has 2 spiro atoms. The van der Waals surface area contributed by atoms with Gasteiger partial charge in [-0.3, -0.25) is 14.6 Å². The lowest BCUT2D eigenvalue weighted by Crippen LogP contribution is -2.45. The third-order valence-electron chi connectivity index (χ3n) is 11.3. The Kier molecular flexibility index (Phi) is 7.79. The first-order valence-electron chi connectivity index (χ1n) is 17.3. The van der Waals surface area contributed by atoms with Gasteiger partial charge < -0.3 is 18.7 Å². The second kappa shape index (κ2) is 12.0. The number of carbonyl (C=O) groups excluding carboxylic acids is 2. The van der Waals surface area contributed by atoms with E-state index in [1.807, 2.05) is 30.3 Å².